The number of aliphatic hydroxyl groups is 3. The van der Waals surface area contributed by atoms with Crippen LogP contribution in [0.15, 0.2) is 47.2 Å². The molecule has 4 atom stereocenters. The minimum Gasteiger partial charge on any atom is -0.508 e. The Morgan fingerprint density at radius 3 is 2.45 bits per heavy atom. The Kier molecular flexibility index (Phi) is 6.31. The number of aliphatic hydroxyl groups excluding tert-OH is 2. The van der Waals surface area contributed by atoms with Crippen LogP contribution in [0.4, 0.5) is 0 Å². The molecule has 3 aliphatic rings. The first-order valence-corrected chi connectivity index (χ1v) is 12.5. The molecule has 11 nitrogen and oxygen atoms in total. The number of nitrogens with zero attached hydrogens (tertiary/aromatic N) is 1. The van der Waals surface area contributed by atoms with Crippen LogP contribution >= 0.6 is 0 Å². The lowest BCUT2D eigenvalue weighted by Gasteiger charge is -2.50. The van der Waals surface area contributed by atoms with Crippen LogP contribution in [0.3, 0.4) is 0 Å². The van der Waals surface area contributed by atoms with Gasteiger partial charge in [0.2, 0.25) is 5.78 Å². The van der Waals surface area contributed by atoms with E-state index in [-0.39, 0.29) is 35.3 Å². The highest BCUT2D eigenvalue weighted by Crippen LogP contribution is 2.53. The number of benzene rings is 2. The fourth-order valence-electron chi connectivity index (χ4n) is 6.51. The lowest BCUT2D eigenvalue weighted by molar-refractivity contribution is -0.153. The number of nitrogens with two attached hydrogens (primary N) is 1. The summed E-state index contributed by atoms with van der Waals surface area (Å²) in [7, 11) is 4.52. The number of ketones is 2. The van der Waals surface area contributed by atoms with Crippen LogP contribution < -0.4 is 10.5 Å². The van der Waals surface area contributed by atoms with E-state index in [4.69, 9.17) is 10.5 Å². The van der Waals surface area contributed by atoms with Crippen molar-refractivity contribution < 1.29 is 44.3 Å². The van der Waals surface area contributed by atoms with E-state index in [2.05, 4.69) is 0 Å². The minimum atomic E-state index is -2.70. The van der Waals surface area contributed by atoms with Gasteiger partial charge in [-0.1, -0.05) is 12.1 Å². The van der Waals surface area contributed by atoms with E-state index in [1.54, 1.807) is 24.3 Å². The maximum atomic E-state index is 13.9. The molecule has 2 aromatic rings. The van der Waals surface area contributed by atoms with E-state index in [1.165, 1.54) is 32.2 Å². The van der Waals surface area contributed by atoms with Crippen molar-refractivity contribution in [1.82, 2.24) is 4.90 Å². The molecule has 1 saturated carbocycles. The van der Waals surface area contributed by atoms with Crippen LogP contribution in [-0.4, -0.2) is 81.9 Å². The lowest BCUT2D eigenvalue weighted by Crippen LogP contribution is -2.65. The van der Waals surface area contributed by atoms with E-state index < -0.39 is 58.0 Å². The summed E-state index contributed by atoms with van der Waals surface area (Å²) in [6, 6.07) is 6.74. The van der Waals surface area contributed by atoms with Crippen LogP contribution in [0.1, 0.15) is 27.9 Å². The van der Waals surface area contributed by atoms with Gasteiger partial charge in [0.1, 0.15) is 28.6 Å². The normalized spacial score (nSPS) is 25.9. The molecule has 40 heavy (non-hydrogen) atoms. The number of primary amides is 1. The smallest absolute Gasteiger partial charge is 0.255 e. The molecule has 1 fully saturated rings. The van der Waals surface area contributed by atoms with E-state index >= 15 is 0 Å². The maximum Gasteiger partial charge on any atom is 0.255 e. The van der Waals surface area contributed by atoms with Gasteiger partial charge in [0, 0.05) is 11.5 Å². The number of aldehydes is 1. The van der Waals surface area contributed by atoms with Gasteiger partial charge >= 0.3 is 0 Å². The first-order valence-electron chi connectivity index (χ1n) is 12.5. The van der Waals surface area contributed by atoms with Crippen molar-refractivity contribution in [1.29, 1.82) is 0 Å². The van der Waals surface area contributed by atoms with E-state index in [1.807, 2.05) is 0 Å². The molecule has 0 heterocycles. The molecule has 0 bridgehead atoms. The molecular formula is C29H28N2O9. The Bertz CT molecular complexity index is 1570. The Morgan fingerprint density at radius 1 is 1.15 bits per heavy atom. The largest absolute Gasteiger partial charge is 0.508 e. The number of phenols is 1. The molecule has 208 valence electrons. The summed E-state index contributed by atoms with van der Waals surface area (Å²) < 4.78 is 5.22. The number of ether oxygens (including phenoxy) is 1. The van der Waals surface area contributed by atoms with Crippen molar-refractivity contribution in [2.24, 2.45) is 17.6 Å². The molecule has 0 saturated heterocycles. The number of carbonyl (C=O) groups is 4. The second kappa shape index (κ2) is 9.32. The zero-order chi connectivity index (χ0) is 29.3. The summed E-state index contributed by atoms with van der Waals surface area (Å²) in [4.78, 5) is 52.3. The Labute approximate surface area is 228 Å². The Hall–Kier alpha value is -4.48. The van der Waals surface area contributed by atoms with E-state index in [0.29, 0.717) is 28.7 Å². The summed E-state index contributed by atoms with van der Waals surface area (Å²) >= 11 is 0. The molecule has 3 aliphatic carbocycles. The number of Topliss-reactive ketones (excluding diaryl/α,β-unsaturated/α-hetero) is 2. The van der Waals surface area contributed by atoms with Crippen molar-refractivity contribution >= 4 is 29.5 Å². The third kappa shape index (κ3) is 3.58. The second-order valence-electron chi connectivity index (χ2n) is 10.5. The summed E-state index contributed by atoms with van der Waals surface area (Å²) in [5.41, 5.74) is 3.48. The standard InChI is InChI=1S/C29H28N2O9/c1-31(2)23-17-10-13-9-16-15(12-4-7-19(40-3)14(8-12)11-32)5-6-18(33)21(16)24(34)20(13)26(36)29(17,39)27(37)22(25(23)35)28(30)38/h4-8,11,13,17,23,33-34,37,39H,9-10H2,1-3H3,(H2,30,38)/t13-,17-,23-,29-/m1/s1. The maximum absolute atomic E-state index is 13.9. The van der Waals surface area contributed by atoms with Crippen LogP contribution in [0.5, 0.6) is 11.5 Å². The number of methoxy groups -OCH3 is 1. The highest BCUT2D eigenvalue weighted by Gasteiger charge is 2.64. The molecular weight excluding hydrogens is 520 g/mol. The first-order chi connectivity index (χ1) is 18.9. The van der Waals surface area contributed by atoms with Gasteiger partial charge in [-0.05, 0) is 67.7 Å². The van der Waals surface area contributed by atoms with Crippen LogP contribution in [0.2, 0.25) is 0 Å². The highest BCUT2D eigenvalue weighted by molar-refractivity contribution is 6.24. The van der Waals surface area contributed by atoms with Gasteiger partial charge in [0.05, 0.1) is 24.3 Å². The third-order valence-corrected chi connectivity index (χ3v) is 8.27. The predicted molar refractivity (Wildman–Crippen MR) is 142 cm³/mol. The molecule has 11 heteroatoms. The van der Waals surface area contributed by atoms with Gasteiger partial charge in [-0.2, -0.15) is 0 Å². The van der Waals surface area contributed by atoms with Gasteiger partial charge in [-0.3, -0.25) is 24.1 Å². The topological polar surface area (TPSA) is 188 Å². The number of fused-ring (bicyclic) bond motifs is 3. The van der Waals surface area contributed by atoms with Gasteiger partial charge in [-0.15, -0.1) is 0 Å². The third-order valence-electron chi connectivity index (χ3n) is 8.27. The van der Waals surface area contributed by atoms with Gasteiger partial charge in [0.25, 0.3) is 5.91 Å². The number of hydrogen-bond acceptors (Lipinski definition) is 10. The molecule has 6 N–H and O–H groups in total. The highest BCUT2D eigenvalue weighted by atomic mass is 16.5. The van der Waals surface area contributed by atoms with Crippen molar-refractivity contribution in [3.8, 4) is 22.6 Å². The lowest BCUT2D eigenvalue weighted by atomic mass is 9.57. The molecule has 0 radical (unpaired) electrons. The second-order valence-corrected chi connectivity index (χ2v) is 10.5. The number of likely N-dealkylation sites (N-methyl/N-ethyl adjacent to an activating group) is 1. The SMILES string of the molecule is COc1ccc(-c2ccc(O)c3c2C[C@@H]2C[C@@H]4[C@@H](N(C)C)C(=O)C(C(N)=O)=C(O)[C@]4(O)C(=O)C2=C3O)cc1C=O. The molecule has 2 aromatic carbocycles. The van der Waals surface area contributed by atoms with Gasteiger partial charge < -0.3 is 30.9 Å². The monoisotopic (exact) mass is 548 g/mol. The molecule has 1 amide bonds. The van der Waals surface area contributed by atoms with Crippen molar-refractivity contribution in [3.63, 3.8) is 0 Å². The molecule has 0 spiro atoms. The number of carbonyl (C=O) groups excluding carboxylic acids is 4. The van der Waals surface area contributed by atoms with Crippen molar-refractivity contribution in [2.75, 3.05) is 21.2 Å². The summed E-state index contributed by atoms with van der Waals surface area (Å²) in [5.74, 6) is -6.75. The number of phenolic OH excluding ortho intramolecular Hbond substituents is 1. The minimum absolute atomic E-state index is 0.0247. The molecule has 0 aromatic heterocycles. The first kappa shape index (κ1) is 27.1. The summed E-state index contributed by atoms with van der Waals surface area (Å²) in [6.07, 6.45) is 0.747. The molecule has 0 aliphatic heterocycles. The fourth-order valence-corrected chi connectivity index (χ4v) is 6.51. The van der Waals surface area contributed by atoms with Crippen LogP contribution in [0, 0.1) is 11.8 Å². The van der Waals surface area contributed by atoms with Crippen LogP contribution in [0.25, 0.3) is 16.9 Å². The average molecular weight is 549 g/mol. The summed E-state index contributed by atoms with van der Waals surface area (Å²) in [6.45, 7) is 0. The van der Waals surface area contributed by atoms with Gasteiger partial charge in [-0.25, -0.2) is 0 Å². The molecule has 0 unspecified atom stereocenters. The number of hydrogen-bond donors (Lipinski definition) is 5. The zero-order valence-electron chi connectivity index (χ0n) is 22.0. The van der Waals surface area contributed by atoms with Crippen molar-refractivity contribution in [3.05, 3.63) is 63.9 Å². The molecule has 5 rings (SSSR count). The number of rotatable bonds is 5. The van der Waals surface area contributed by atoms with Crippen molar-refractivity contribution in [2.45, 2.75) is 24.5 Å². The Morgan fingerprint density at radius 2 is 1.85 bits per heavy atom. The quantitative estimate of drug-likeness (QED) is 0.270. The average Bonchev–Trinajstić information content (AvgIpc) is 2.90. The fraction of sp³-hybridized carbons (Fsp3) is 0.310. The summed E-state index contributed by atoms with van der Waals surface area (Å²) in [5, 5.41) is 44.8. The van der Waals surface area contributed by atoms with E-state index in [9.17, 15) is 39.6 Å². The van der Waals surface area contributed by atoms with E-state index in [0.717, 1.165) is 0 Å². The van der Waals surface area contributed by atoms with Gasteiger partial charge in [0.15, 0.2) is 17.7 Å². The zero-order valence-corrected chi connectivity index (χ0v) is 22.0. The predicted octanol–water partition coefficient (Wildman–Crippen LogP) is 1.45. The van der Waals surface area contributed by atoms with Crippen LogP contribution in [-0.2, 0) is 20.8 Å². The number of amides is 1. The number of aromatic hydroxyl groups is 1. The Balaban J connectivity index is 1.73.